The summed E-state index contributed by atoms with van der Waals surface area (Å²) in [5.41, 5.74) is 0.209. The zero-order chi connectivity index (χ0) is 15.9. The Morgan fingerprint density at radius 2 is 2.09 bits per heavy atom. The summed E-state index contributed by atoms with van der Waals surface area (Å²) in [5.74, 6) is 1.30. The van der Waals surface area contributed by atoms with Crippen molar-refractivity contribution in [1.82, 2.24) is 15.0 Å². The summed E-state index contributed by atoms with van der Waals surface area (Å²) in [6, 6.07) is 1.61. The van der Waals surface area contributed by atoms with Crippen LogP contribution in [0, 0.1) is 11.3 Å². The smallest absolute Gasteiger partial charge is 0.292 e. The van der Waals surface area contributed by atoms with Gasteiger partial charge in [0.2, 0.25) is 11.7 Å². The molecule has 124 valence electrons. The minimum absolute atomic E-state index is 0.0703. The normalized spacial score (nSPS) is 24.3. The van der Waals surface area contributed by atoms with Crippen molar-refractivity contribution < 1.29 is 14.1 Å². The number of carbonyl (C=O) groups excluding carboxylic acids is 2. The molecule has 0 bridgehead atoms. The molecule has 2 amide bonds. The molecule has 2 saturated heterocycles. The summed E-state index contributed by atoms with van der Waals surface area (Å²) in [5, 5.41) is 3.61. The monoisotopic (exact) mass is 317 g/mol. The first-order chi connectivity index (χ1) is 11.2. The third-order valence-electron chi connectivity index (χ3n) is 5.68. The fourth-order valence-corrected chi connectivity index (χ4v) is 3.95. The van der Waals surface area contributed by atoms with Gasteiger partial charge >= 0.3 is 0 Å². The predicted octanol–water partition coefficient (Wildman–Crippen LogP) is 1.93. The summed E-state index contributed by atoms with van der Waals surface area (Å²) in [6.07, 6.45) is 7.64. The lowest BCUT2D eigenvalue weighted by molar-refractivity contribution is -0.139. The number of hydrogen-bond donors (Lipinski definition) is 0. The van der Waals surface area contributed by atoms with Crippen LogP contribution in [0.1, 0.15) is 49.1 Å². The van der Waals surface area contributed by atoms with Gasteiger partial charge in [0.15, 0.2) is 0 Å². The van der Waals surface area contributed by atoms with Crippen molar-refractivity contribution in [1.29, 1.82) is 0 Å². The topological polar surface area (TPSA) is 66.7 Å². The first kappa shape index (κ1) is 14.7. The Morgan fingerprint density at radius 3 is 2.74 bits per heavy atom. The number of likely N-dealkylation sites (tertiary alicyclic amines) is 2. The summed E-state index contributed by atoms with van der Waals surface area (Å²) in [4.78, 5) is 28.4. The van der Waals surface area contributed by atoms with Crippen molar-refractivity contribution in [3.05, 3.63) is 18.0 Å². The van der Waals surface area contributed by atoms with Gasteiger partial charge in [0, 0.05) is 38.7 Å². The molecule has 1 saturated carbocycles. The van der Waals surface area contributed by atoms with Gasteiger partial charge in [-0.1, -0.05) is 5.16 Å². The molecule has 1 aliphatic carbocycles. The van der Waals surface area contributed by atoms with Crippen molar-refractivity contribution in [2.45, 2.75) is 38.5 Å². The summed E-state index contributed by atoms with van der Waals surface area (Å²) < 4.78 is 4.97. The zero-order valence-electron chi connectivity index (χ0n) is 13.4. The number of amides is 2. The lowest BCUT2D eigenvalue weighted by atomic mass is 9.72. The molecule has 1 aromatic rings. The van der Waals surface area contributed by atoms with Crippen LogP contribution < -0.4 is 0 Å². The third kappa shape index (κ3) is 2.99. The quantitative estimate of drug-likeness (QED) is 0.854. The predicted molar refractivity (Wildman–Crippen MR) is 82.6 cm³/mol. The molecule has 0 atom stereocenters. The molecule has 3 aliphatic rings. The van der Waals surface area contributed by atoms with E-state index in [1.54, 1.807) is 6.07 Å². The van der Waals surface area contributed by atoms with Gasteiger partial charge in [-0.3, -0.25) is 9.59 Å². The molecule has 0 N–H and O–H groups in total. The molecule has 0 aromatic carbocycles. The fraction of sp³-hybridized carbons (Fsp3) is 0.706. The number of nitrogens with zero attached hydrogens (tertiary/aromatic N) is 3. The Bertz CT molecular complexity index is 586. The Kier molecular flexibility index (Phi) is 3.62. The second-order valence-corrected chi connectivity index (χ2v) is 7.39. The van der Waals surface area contributed by atoms with Crippen LogP contribution in [0.15, 0.2) is 16.8 Å². The lowest BCUT2D eigenvalue weighted by Gasteiger charge is -2.47. The lowest BCUT2D eigenvalue weighted by Crippen LogP contribution is -2.52. The first-order valence-electron chi connectivity index (χ1n) is 8.63. The van der Waals surface area contributed by atoms with Crippen LogP contribution >= 0.6 is 0 Å². The van der Waals surface area contributed by atoms with Crippen LogP contribution in [0.5, 0.6) is 0 Å². The number of piperidine rings is 2. The van der Waals surface area contributed by atoms with Crippen LogP contribution in [-0.4, -0.2) is 52.9 Å². The van der Waals surface area contributed by atoms with E-state index in [1.807, 2.05) is 4.90 Å². The van der Waals surface area contributed by atoms with E-state index in [4.69, 9.17) is 4.52 Å². The zero-order valence-corrected chi connectivity index (χ0v) is 13.4. The number of rotatable bonds is 3. The van der Waals surface area contributed by atoms with E-state index in [0.717, 1.165) is 51.4 Å². The van der Waals surface area contributed by atoms with Crippen LogP contribution in [0.2, 0.25) is 0 Å². The van der Waals surface area contributed by atoms with Gasteiger partial charge in [-0.15, -0.1) is 0 Å². The van der Waals surface area contributed by atoms with E-state index in [9.17, 15) is 9.59 Å². The molecule has 1 aromatic heterocycles. The highest BCUT2D eigenvalue weighted by Gasteiger charge is 2.43. The van der Waals surface area contributed by atoms with Crippen LogP contribution in [0.25, 0.3) is 0 Å². The maximum Gasteiger partial charge on any atom is 0.292 e. The number of carbonyl (C=O) groups is 2. The molecule has 1 spiro atoms. The van der Waals surface area contributed by atoms with Crippen LogP contribution in [0.3, 0.4) is 0 Å². The Morgan fingerprint density at radius 1 is 1.30 bits per heavy atom. The fourth-order valence-electron chi connectivity index (χ4n) is 3.95. The Labute approximate surface area is 135 Å². The van der Waals surface area contributed by atoms with E-state index < -0.39 is 0 Å². The standard InChI is InChI=1S/C17H23N3O3/c21-15-3-5-17(12-20(15)11-13-1-2-13)6-9-19(10-7-17)16(22)14-4-8-18-23-14/h4,8,13H,1-3,5-7,9-12H2. The van der Waals surface area contributed by atoms with Crippen LogP contribution in [-0.2, 0) is 4.79 Å². The average Bonchev–Trinajstić information content (AvgIpc) is 3.21. The third-order valence-corrected chi connectivity index (χ3v) is 5.68. The molecule has 2 aliphatic heterocycles. The molecule has 0 radical (unpaired) electrons. The van der Waals surface area contributed by atoms with E-state index in [-0.39, 0.29) is 11.3 Å². The van der Waals surface area contributed by atoms with E-state index in [0.29, 0.717) is 18.1 Å². The molecule has 0 unspecified atom stereocenters. The van der Waals surface area contributed by atoms with Gasteiger partial charge in [0.25, 0.3) is 5.91 Å². The van der Waals surface area contributed by atoms with Gasteiger partial charge < -0.3 is 14.3 Å². The highest BCUT2D eigenvalue weighted by molar-refractivity contribution is 5.91. The minimum atomic E-state index is -0.0703. The maximum atomic E-state index is 12.3. The van der Waals surface area contributed by atoms with Gasteiger partial charge in [-0.2, -0.15) is 0 Å². The second kappa shape index (κ2) is 5.65. The Balaban J connectivity index is 1.38. The first-order valence-corrected chi connectivity index (χ1v) is 8.63. The molecule has 3 heterocycles. The molecule has 4 rings (SSSR count). The van der Waals surface area contributed by atoms with E-state index in [1.165, 1.54) is 19.0 Å². The van der Waals surface area contributed by atoms with Crippen molar-refractivity contribution in [3.63, 3.8) is 0 Å². The second-order valence-electron chi connectivity index (χ2n) is 7.39. The highest BCUT2D eigenvalue weighted by atomic mass is 16.5. The van der Waals surface area contributed by atoms with Crippen molar-refractivity contribution in [3.8, 4) is 0 Å². The molecular weight excluding hydrogens is 294 g/mol. The number of hydrogen-bond acceptors (Lipinski definition) is 4. The van der Waals surface area contributed by atoms with Gasteiger partial charge in [-0.05, 0) is 43.4 Å². The van der Waals surface area contributed by atoms with E-state index >= 15 is 0 Å². The van der Waals surface area contributed by atoms with Crippen LogP contribution in [0.4, 0.5) is 0 Å². The maximum absolute atomic E-state index is 12.3. The summed E-state index contributed by atoms with van der Waals surface area (Å²) >= 11 is 0. The number of aromatic nitrogens is 1. The van der Waals surface area contributed by atoms with Gasteiger partial charge in [0.1, 0.15) is 0 Å². The average molecular weight is 317 g/mol. The largest absolute Gasteiger partial charge is 0.351 e. The molecule has 23 heavy (non-hydrogen) atoms. The minimum Gasteiger partial charge on any atom is -0.351 e. The molecule has 6 heteroatoms. The molecule has 6 nitrogen and oxygen atoms in total. The van der Waals surface area contributed by atoms with Crippen molar-refractivity contribution in [2.75, 3.05) is 26.2 Å². The molecular formula is C17H23N3O3. The van der Waals surface area contributed by atoms with Gasteiger partial charge in [-0.25, -0.2) is 0 Å². The van der Waals surface area contributed by atoms with Crippen molar-refractivity contribution >= 4 is 11.8 Å². The summed E-state index contributed by atoms with van der Waals surface area (Å²) in [6.45, 7) is 3.31. The summed E-state index contributed by atoms with van der Waals surface area (Å²) in [7, 11) is 0. The molecule has 3 fully saturated rings. The Hall–Kier alpha value is -1.85. The highest BCUT2D eigenvalue weighted by Crippen LogP contribution is 2.42. The van der Waals surface area contributed by atoms with Gasteiger partial charge in [0.05, 0.1) is 6.20 Å². The van der Waals surface area contributed by atoms with E-state index in [2.05, 4.69) is 10.1 Å². The van der Waals surface area contributed by atoms with Crippen molar-refractivity contribution in [2.24, 2.45) is 11.3 Å². The SMILES string of the molecule is O=C1CCC2(CCN(C(=O)c3ccno3)CC2)CN1CC1CC1.